The predicted octanol–water partition coefficient (Wildman–Crippen LogP) is 2.65. The second kappa shape index (κ2) is 6.93. The predicted molar refractivity (Wildman–Crippen MR) is 103 cm³/mol. The number of thiophene rings is 1. The van der Waals surface area contributed by atoms with Gasteiger partial charge in [-0.3, -0.25) is 14.7 Å². The van der Waals surface area contributed by atoms with Crippen molar-refractivity contribution in [1.82, 2.24) is 14.9 Å². The molecular formula is C19H20N4O2S. The van der Waals surface area contributed by atoms with Crippen molar-refractivity contribution in [3.8, 4) is 16.2 Å². The van der Waals surface area contributed by atoms with Gasteiger partial charge in [0.2, 0.25) is 5.95 Å². The summed E-state index contributed by atoms with van der Waals surface area (Å²) in [5, 5.41) is 0. The second-order valence-corrected chi connectivity index (χ2v) is 7.50. The smallest absolute Gasteiger partial charge is 0.257 e. The number of hydrogen-bond donors (Lipinski definition) is 2. The summed E-state index contributed by atoms with van der Waals surface area (Å²) in [7, 11) is 1.68. The highest BCUT2D eigenvalue weighted by atomic mass is 32.1. The highest BCUT2D eigenvalue weighted by molar-refractivity contribution is 7.15. The summed E-state index contributed by atoms with van der Waals surface area (Å²) >= 11 is 1.77. The fraction of sp³-hybridized carbons (Fsp3) is 0.263. The molecule has 1 aliphatic heterocycles. The van der Waals surface area contributed by atoms with Gasteiger partial charge in [0.05, 0.1) is 18.4 Å². The maximum Gasteiger partial charge on any atom is 0.257 e. The molecule has 7 heteroatoms. The first kappa shape index (κ1) is 16.8. The van der Waals surface area contributed by atoms with E-state index in [1.807, 2.05) is 18.2 Å². The Kier molecular flexibility index (Phi) is 4.48. The lowest BCUT2D eigenvalue weighted by Crippen LogP contribution is -2.35. The van der Waals surface area contributed by atoms with Crippen LogP contribution in [-0.4, -0.2) is 28.5 Å². The number of H-pyrrole nitrogens is 1. The van der Waals surface area contributed by atoms with Crippen molar-refractivity contribution < 1.29 is 4.74 Å². The molecule has 4 rings (SSSR count). The molecule has 0 aliphatic carbocycles. The molecule has 0 saturated heterocycles. The summed E-state index contributed by atoms with van der Waals surface area (Å²) in [6.07, 6.45) is 0.748. The number of rotatable bonds is 4. The van der Waals surface area contributed by atoms with Crippen LogP contribution in [0.15, 0.2) is 41.2 Å². The Labute approximate surface area is 155 Å². The third-order valence-corrected chi connectivity index (χ3v) is 5.68. The van der Waals surface area contributed by atoms with E-state index in [9.17, 15) is 4.79 Å². The Hall–Kier alpha value is -2.64. The van der Waals surface area contributed by atoms with Gasteiger partial charge in [-0.1, -0.05) is 12.1 Å². The van der Waals surface area contributed by atoms with Crippen LogP contribution in [0.3, 0.4) is 0 Å². The number of nitrogens with one attached hydrogen (secondary N) is 1. The van der Waals surface area contributed by atoms with Gasteiger partial charge >= 0.3 is 0 Å². The van der Waals surface area contributed by atoms with Gasteiger partial charge in [0.1, 0.15) is 5.75 Å². The van der Waals surface area contributed by atoms with Crippen LogP contribution in [0.25, 0.3) is 10.4 Å². The minimum absolute atomic E-state index is 0.125. The SMILES string of the molecule is COc1cccc(-c2ccc(CN3CCc4nc(N)[nH]c(=O)c4C3)s2)c1. The number of methoxy groups -OCH3 is 1. The van der Waals surface area contributed by atoms with E-state index in [1.165, 1.54) is 9.75 Å². The van der Waals surface area contributed by atoms with Gasteiger partial charge in [-0.15, -0.1) is 11.3 Å². The lowest BCUT2D eigenvalue weighted by atomic mass is 10.1. The van der Waals surface area contributed by atoms with E-state index < -0.39 is 0 Å². The molecule has 3 aromatic rings. The van der Waals surface area contributed by atoms with Gasteiger partial charge in [-0.05, 0) is 29.8 Å². The molecule has 0 fully saturated rings. The number of anilines is 1. The molecule has 134 valence electrons. The first-order valence-electron chi connectivity index (χ1n) is 8.45. The van der Waals surface area contributed by atoms with E-state index in [2.05, 4.69) is 33.1 Å². The molecule has 0 amide bonds. The molecule has 1 aliphatic rings. The Morgan fingerprint density at radius 2 is 2.23 bits per heavy atom. The number of aromatic nitrogens is 2. The molecule has 0 saturated carbocycles. The molecule has 0 unspecified atom stereocenters. The number of fused-ring (bicyclic) bond motifs is 1. The molecular weight excluding hydrogens is 348 g/mol. The number of ether oxygens (including phenoxy) is 1. The zero-order valence-electron chi connectivity index (χ0n) is 14.5. The van der Waals surface area contributed by atoms with Crippen LogP contribution in [-0.2, 0) is 19.5 Å². The minimum atomic E-state index is -0.125. The second-order valence-electron chi connectivity index (χ2n) is 6.33. The Morgan fingerprint density at radius 1 is 1.35 bits per heavy atom. The van der Waals surface area contributed by atoms with Crippen LogP contribution < -0.4 is 16.0 Å². The molecule has 0 radical (unpaired) electrons. The number of hydrogen-bond acceptors (Lipinski definition) is 6. The third-order valence-electron chi connectivity index (χ3n) is 4.56. The van der Waals surface area contributed by atoms with E-state index in [4.69, 9.17) is 10.5 Å². The number of aromatic amines is 1. The number of benzene rings is 1. The van der Waals surface area contributed by atoms with Crippen molar-refractivity contribution in [3.05, 3.63) is 62.9 Å². The van der Waals surface area contributed by atoms with Crippen LogP contribution in [0.1, 0.15) is 16.1 Å². The molecule has 0 atom stereocenters. The zero-order valence-corrected chi connectivity index (χ0v) is 15.3. The van der Waals surface area contributed by atoms with Crippen molar-refractivity contribution in [2.24, 2.45) is 0 Å². The van der Waals surface area contributed by atoms with Crippen molar-refractivity contribution >= 4 is 17.3 Å². The molecule has 0 bridgehead atoms. The average molecular weight is 368 g/mol. The quantitative estimate of drug-likeness (QED) is 0.740. The van der Waals surface area contributed by atoms with Crippen LogP contribution in [0.5, 0.6) is 5.75 Å². The van der Waals surface area contributed by atoms with Crippen LogP contribution in [0.4, 0.5) is 5.95 Å². The van der Waals surface area contributed by atoms with Crippen LogP contribution in [0, 0.1) is 0 Å². The lowest BCUT2D eigenvalue weighted by Gasteiger charge is -2.26. The summed E-state index contributed by atoms with van der Waals surface area (Å²) in [6.45, 7) is 2.29. The van der Waals surface area contributed by atoms with Gasteiger partial charge in [-0.2, -0.15) is 0 Å². The molecule has 6 nitrogen and oxygen atoms in total. The standard InChI is InChI=1S/C19H20N4O2S/c1-25-13-4-2-3-12(9-13)17-6-5-14(26-17)10-23-8-7-16-15(11-23)18(24)22-19(20)21-16/h2-6,9H,7-8,10-11H2,1H3,(H3,20,21,22,24). The summed E-state index contributed by atoms with van der Waals surface area (Å²) in [5.41, 5.74) is 8.22. The molecule has 0 spiro atoms. The lowest BCUT2D eigenvalue weighted by molar-refractivity contribution is 0.244. The Bertz CT molecular complexity index is 995. The van der Waals surface area contributed by atoms with E-state index in [1.54, 1.807) is 18.4 Å². The summed E-state index contributed by atoms with van der Waals surface area (Å²) < 4.78 is 5.31. The molecule has 26 heavy (non-hydrogen) atoms. The van der Waals surface area contributed by atoms with Crippen molar-refractivity contribution in [2.75, 3.05) is 19.4 Å². The van der Waals surface area contributed by atoms with Crippen LogP contribution >= 0.6 is 11.3 Å². The van der Waals surface area contributed by atoms with Crippen molar-refractivity contribution in [1.29, 1.82) is 0 Å². The van der Waals surface area contributed by atoms with E-state index in [0.29, 0.717) is 6.54 Å². The first-order chi connectivity index (χ1) is 12.6. The van der Waals surface area contributed by atoms with E-state index in [-0.39, 0.29) is 11.5 Å². The number of nitrogen functional groups attached to an aromatic ring is 1. The topological polar surface area (TPSA) is 84.2 Å². The van der Waals surface area contributed by atoms with Gasteiger partial charge < -0.3 is 10.5 Å². The first-order valence-corrected chi connectivity index (χ1v) is 9.27. The van der Waals surface area contributed by atoms with E-state index >= 15 is 0 Å². The van der Waals surface area contributed by atoms with Gasteiger partial charge in [0.15, 0.2) is 0 Å². The molecule has 1 aromatic carbocycles. The fourth-order valence-corrected chi connectivity index (χ4v) is 4.30. The highest BCUT2D eigenvalue weighted by Gasteiger charge is 2.21. The summed E-state index contributed by atoms with van der Waals surface area (Å²) in [6, 6.07) is 12.4. The summed E-state index contributed by atoms with van der Waals surface area (Å²) in [4.78, 5) is 23.7. The number of nitrogens with zero attached hydrogens (tertiary/aromatic N) is 2. The molecule has 3 N–H and O–H groups in total. The zero-order chi connectivity index (χ0) is 18.1. The monoisotopic (exact) mass is 368 g/mol. The van der Waals surface area contributed by atoms with Gasteiger partial charge in [0.25, 0.3) is 5.56 Å². The van der Waals surface area contributed by atoms with Crippen molar-refractivity contribution in [2.45, 2.75) is 19.5 Å². The average Bonchev–Trinajstić information content (AvgIpc) is 3.11. The molecule has 3 heterocycles. The maximum atomic E-state index is 12.1. The van der Waals surface area contributed by atoms with Crippen LogP contribution in [0.2, 0.25) is 0 Å². The normalized spacial score (nSPS) is 14.2. The van der Waals surface area contributed by atoms with E-state index in [0.717, 1.165) is 42.1 Å². The highest BCUT2D eigenvalue weighted by Crippen LogP contribution is 2.31. The maximum absolute atomic E-state index is 12.1. The largest absolute Gasteiger partial charge is 0.497 e. The fourth-order valence-electron chi connectivity index (χ4n) is 3.25. The Balaban J connectivity index is 1.50. The third kappa shape index (κ3) is 3.36. The molecule has 2 aromatic heterocycles. The Morgan fingerprint density at radius 3 is 3.08 bits per heavy atom. The van der Waals surface area contributed by atoms with Gasteiger partial charge in [-0.25, -0.2) is 4.98 Å². The summed E-state index contributed by atoms with van der Waals surface area (Å²) in [5.74, 6) is 1.06. The van der Waals surface area contributed by atoms with Gasteiger partial charge in [0, 0.05) is 35.8 Å². The van der Waals surface area contributed by atoms with Crippen molar-refractivity contribution in [3.63, 3.8) is 0 Å². The minimum Gasteiger partial charge on any atom is -0.497 e. The number of nitrogens with two attached hydrogens (primary N) is 1.